The summed E-state index contributed by atoms with van der Waals surface area (Å²) in [5.74, 6) is -0.119. The highest BCUT2D eigenvalue weighted by Gasteiger charge is 2.15. The van der Waals surface area contributed by atoms with Crippen molar-refractivity contribution in [2.75, 3.05) is 19.8 Å². The van der Waals surface area contributed by atoms with Gasteiger partial charge >= 0.3 is 0 Å². The number of rotatable bonds is 9. The van der Waals surface area contributed by atoms with E-state index in [9.17, 15) is 4.79 Å². The largest absolute Gasteiger partial charge is 0.381 e. The summed E-state index contributed by atoms with van der Waals surface area (Å²) in [6.07, 6.45) is 3.06. The fourth-order valence-electron chi connectivity index (χ4n) is 1.44. The molecule has 1 aromatic rings. The predicted octanol–water partition coefficient (Wildman–Crippen LogP) is 2.07. The molecule has 0 saturated heterocycles. The van der Waals surface area contributed by atoms with Crippen LogP contribution in [0.5, 0.6) is 0 Å². The van der Waals surface area contributed by atoms with E-state index in [-0.39, 0.29) is 5.91 Å². The Bertz CT molecular complexity index is 328. The topological polar surface area (TPSA) is 64.3 Å². The molecule has 0 radical (unpaired) electrons. The van der Waals surface area contributed by atoms with Crippen LogP contribution in [0.2, 0.25) is 0 Å². The van der Waals surface area contributed by atoms with Gasteiger partial charge in [0.25, 0.3) is 0 Å². The second-order valence-electron chi connectivity index (χ2n) is 4.10. The van der Waals surface area contributed by atoms with Crippen molar-refractivity contribution in [2.24, 2.45) is 5.73 Å². The zero-order valence-electron chi connectivity index (χ0n) is 10.9. The molecule has 102 valence electrons. The molecule has 0 spiro atoms. The first-order chi connectivity index (χ1) is 8.75. The molecule has 0 fully saturated rings. The van der Waals surface area contributed by atoms with E-state index in [2.05, 4.69) is 12.2 Å². The van der Waals surface area contributed by atoms with Crippen LogP contribution >= 0.6 is 11.3 Å². The van der Waals surface area contributed by atoms with Crippen LogP contribution in [-0.4, -0.2) is 25.7 Å². The van der Waals surface area contributed by atoms with Gasteiger partial charge in [-0.15, -0.1) is 11.3 Å². The number of thiophene rings is 1. The standard InChI is InChI=1S/C13H22N2O2S/c1-2-3-8-17-9-5-7-15-13(16)12(14)11-6-4-10-18-11/h4,6,10,12H,2-3,5,7-9,14H2,1H3,(H,15,16). The average Bonchev–Trinajstić information content (AvgIpc) is 2.90. The van der Waals surface area contributed by atoms with Gasteiger partial charge < -0.3 is 15.8 Å². The van der Waals surface area contributed by atoms with Crippen LogP contribution in [0.25, 0.3) is 0 Å². The van der Waals surface area contributed by atoms with Crippen LogP contribution in [0.1, 0.15) is 37.1 Å². The number of unbranched alkanes of at least 4 members (excludes halogenated alkanes) is 1. The minimum Gasteiger partial charge on any atom is -0.381 e. The monoisotopic (exact) mass is 270 g/mol. The van der Waals surface area contributed by atoms with Gasteiger partial charge in [-0.25, -0.2) is 0 Å². The Morgan fingerprint density at radius 3 is 2.94 bits per heavy atom. The first kappa shape index (κ1) is 15.1. The maximum absolute atomic E-state index is 11.7. The summed E-state index contributed by atoms with van der Waals surface area (Å²) < 4.78 is 5.41. The Morgan fingerprint density at radius 1 is 1.50 bits per heavy atom. The van der Waals surface area contributed by atoms with E-state index in [1.807, 2.05) is 17.5 Å². The van der Waals surface area contributed by atoms with Crippen molar-refractivity contribution in [1.29, 1.82) is 0 Å². The summed E-state index contributed by atoms with van der Waals surface area (Å²) in [5, 5.41) is 4.75. The number of amides is 1. The number of carbonyl (C=O) groups is 1. The number of hydrogen-bond acceptors (Lipinski definition) is 4. The summed E-state index contributed by atoms with van der Waals surface area (Å²) in [7, 11) is 0. The van der Waals surface area contributed by atoms with E-state index in [0.717, 1.165) is 30.7 Å². The van der Waals surface area contributed by atoms with Crippen molar-refractivity contribution in [3.63, 3.8) is 0 Å². The number of hydrogen-bond donors (Lipinski definition) is 2. The molecule has 1 amide bonds. The lowest BCUT2D eigenvalue weighted by Gasteiger charge is -2.10. The van der Waals surface area contributed by atoms with Crippen LogP contribution in [0, 0.1) is 0 Å². The lowest BCUT2D eigenvalue weighted by atomic mass is 10.2. The van der Waals surface area contributed by atoms with E-state index in [0.29, 0.717) is 13.2 Å². The molecule has 1 rings (SSSR count). The van der Waals surface area contributed by atoms with Crippen LogP contribution < -0.4 is 11.1 Å². The Labute approximate surface area is 113 Å². The van der Waals surface area contributed by atoms with Crippen molar-refractivity contribution in [2.45, 2.75) is 32.2 Å². The van der Waals surface area contributed by atoms with Crippen molar-refractivity contribution < 1.29 is 9.53 Å². The van der Waals surface area contributed by atoms with Gasteiger partial charge in [-0.1, -0.05) is 19.4 Å². The highest BCUT2D eigenvalue weighted by atomic mass is 32.1. The summed E-state index contributed by atoms with van der Waals surface area (Å²) in [4.78, 5) is 12.6. The maximum atomic E-state index is 11.7. The quantitative estimate of drug-likeness (QED) is 0.675. The number of nitrogens with one attached hydrogen (secondary N) is 1. The van der Waals surface area contributed by atoms with E-state index in [1.165, 1.54) is 11.3 Å². The molecule has 3 N–H and O–H groups in total. The lowest BCUT2D eigenvalue weighted by Crippen LogP contribution is -2.34. The third kappa shape index (κ3) is 5.62. The summed E-state index contributed by atoms with van der Waals surface area (Å²) in [5.41, 5.74) is 5.83. The summed E-state index contributed by atoms with van der Waals surface area (Å²) in [6, 6.07) is 3.23. The van der Waals surface area contributed by atoms with Crippen LogP contribution in [0.3, 0.4) is 0 Å². The molecule has 0 saturated carbocycles. The van der Waals surface area contributed by atoms with E-state index >= 15 is 0 Å². The molecule has 1 atom stereocenters. The fraction of sp³-hybridized carbons (Fsp3) is 0.615. The Balaban J connectivity index is 2.07. The van der Waals surface area contributed by atoms with Gasteiger partial charge in [0.1, 0.15) is 6.04 Å². The molecule has 0 aliphatic carbocycles. The SMILES string of the molecule is CCCCOCCCNC(=O)C(N)c1cccs1. The highest BCUT2D eigenvalue weighted by molar-refractivity contribution is 7.10. The second kappa shape index (κ2) is 9.08. The Morgan fingerprint density at radius 2 is 2.28 bits per heavy atom. The Kier molecular flexibility index (Phi) is 7.64. The van der Waals surface area contributed by atoms with E-state index in [4.69, 9.17) is 10.5 Å². The lowest BCUT2D eigenvalue weighted by molar-refractivity contribution is -0.122. The molecule has 1 unspecified atom stereocenters. The van der Waals surface area contributed by atoms with Gasteiger partial charge in [0.05, 0.1) is 0 Å². The van der Waals surface area contributed by atoms with Gasteiger partial charge in [0, 0.05) is 24.6 Å². The van der Waals surface area contributed by atoms with Crippen molar-refractivity contribution in [1.82, 2.24) is 5.32 Å². The maximum Gasteiger partial charge on any atom is 0.242 e. The molecule has 0 aromatic carbocycles. The van der Waals surface area contributed by atoms with Crippen LogP contribution in [0.15, 0.2) is 17.5 Å². The molecule has 0 bridgehead atoms. The second-order valence-corrected chi connectivity index (χ2v) is 5.08. The molecule has 18 heavy (non-hydrogen) atoms. The van der Waals surface area contributed by atoms with E-state index < -0.39 is 6.04 Å². The Hall–Kier alpha value is -0.910. The molecule has 5 heteroatoms. The third-order valence-electron chi connectivity index (χ3n) is 2.54. The van der Waals surface area contributed by atoms with Crippen LogP contribution in [0.4, 0.5) is 0 Å². The number of carbonyl (C=O) groups excluding carboxylic acids is 1. The van der Waals surface area contributed by atoms with Crippen molar-refractivity contribution >= 4 is 17.2 Å². The molecular formula is C13H22N2O2S. The molecule has 0 aliphatic rings. The van der Waals surface area contributed by atoms with Gasteiger partial charge in [0.2, 0.25) is 5.91 Å². The molecular weight excluding hydrogens is 248 g/mol. The predicted molar refractivity (Wildman–Crippen MR) is 74.6 cm³/mol. The first-order valence-electron chi connectivity index (χ1n) is 6.40. The molecule has 0 aliphatic heterocycles. The zero-order valence-corrected chi connectivity index (χ0v) is 11.7. The molecule has 1 heterocycles. The van der Waals surface area contributed by atoms with E-state index in [1.54, 1.807) is 0 Å². The van der Waals surface area contributed by atoms with Gasteiger partial charge in [-0.2, -0.15) is 0 Å². The van der Waals surface area contributed by atoms with Crippen LogP contribution in [-0.2, 0) is 9.53 Å². The molecule has 4 nitrogen and oxygen atoms in total. The summed E-state index contributed by atoms with van der Waals surface area (Å²) >= 11 is 1.50. The number of nitrogens with two attached hydrogens (primary N) is 1. The number of ether oxygens (including phenoxy) is 1. The zero-order chi connectivity index (χ0) is 13.2. The minimum atomic E-state index is -0.550. The van der Waals surface area contributed by atoms with Gasteiger partial charge in [0.15, 0.2) is 0 Å². The van der Waals surface area contributed by atoms with Crippen molar-refractivity contribution in [3.05, 3.63) is 22.4 Å². The first-order valence-corrected chi connectivity index (χ1v) is 7.28. The van der Waals surface area contributed by atoms with Gasteiger partial charge in [-0.05, 0) is 24.3 Å². The highest BCUT2D eigenvalue weighted by Crippen LogP contribution is 2.16. The third-order valence-corrected chi connectivity index (χ3v) is 3.49. The smallest absolute Gasteiger partial charge is 0.242 e. The fourth-order valence-corrected chi connectivity index (χ4v) is 2.17. The minimum absolute atomic E-state index is 0.119. The van der Waals surface area contributed by atoms with Crippen molar-refractivity contribution in [3.8, 4) is 0 Å². The van der Waals surface area contributed by atoms with Gasteiger partial charge in [-0.3, -0.25) is 4.79 Å². The summed E-state index contributed by atoms with van der Waals surface area (Å²) in [6.45, 7) is 4.24. The average molecular weight is 270 g/mol. The molecule has 1 aromatic heterocycles. The normalized spacial score (nSPS) is 12.3.